The summed E-state index contributed by atoms with van der Waals surface area (Å²) < 4.78 is 0. The molecule has 2 N–H and O–H groups in total. The van der Waals surface area contributed by atoms with Crippen LogP contribution in [-0.2, 0) is 0 Å². The van der Waals surface area contributed by atoms with Gasteiger partial charge in [0, 0.05) is 24.4 Å². The lowest BCUT2D eigenvalue weighted by Crippen LogP contribution is -2.25. The van der Waals surface area contributed by atoms with E-state index in [0.717, 1.165) is 12.3 Å². The summed E-state index contributed by atoms with van der Waals surface area (Å²) in [4.78, 5) is 25.1. The van der Waals surface area contributed by atoms with Crippen molar-refractivity contribution in [2.24, 2.45) is 5.92 Å². The molecular formula is C12H16N2O2. The molecule has 16 heavy (non-hydrogen) atoms. The molecule has 1 heterocycles. The summed E-state index contributed by atoms with van der Waals surface area (Å²) in [6.07, 6.45) is 6.42. The monoisotopic (exact) mass is 220 g/mol. The minimum absolute atomic E-state index is 0.165. The minimum atomic E-state index is -0.245. The second-order valence-corrected chi connectivity index (χ2v) is 4.28. The molecule has 0 spiro atoms. The predicted octanol–water partition coefficient (Wildman–Crippen LogP) is 1.29. The summed E-state index contributed by atoms with van der Waals surface area (Å²) in [7, 11) is 0. The van der Waals surface area contributed by atoms with Crippen LogP contribution in [0.1, 0.15) is 36.0 Å². The summed E-state index contributed by atoms with van der Waals surface area (Å²) in [6, 6.07) is 2.92. The highest BCUT2D eigenvalue weighted by molar-refractivity contribution is 5.93. The van der Waals surface area contributed by atoms with Crippen molar-refractivity contribution in [2.45, 2.75) is 25.7 Å². The molecule has 0 aliphatic heterocycles. The largest absolute Gasteiger partial charge is 0.352 e. The molecule has 1 aliphatic carbocycles. The quantitative estimate of drug-likeness (QED) is 0.734. The molecule has 0 bridgehead atoms. The highest BCUT2D eigenvalue weighted by Gasteiger charge is 2.20. The maximum atomic E-state index is 11.6. The number of carbonyl (C=O) groups excluding carboxylic acids is 1. The van der Waals surface area contributed by atoms with Crippen molar-refractivity contribution < 1.29 is 4.79 Å². The number of aromatic nitrogens is 1. The van der Waals surface area contributed by atoms with E-state index in [4.69, 9.17) is 0 Å². The van der Waals surface area contributed by atoms with E-state index in [2.05, 4.69) is 10.3 Å². The van der Waals surface area contributed by atoms with Crippen LogP contribution < -0.4 is 10.9 Å². The maximum absolute atomic E-state index is 11.6. The van der Waals surface area contributed by atoms with Crippen molar-refractivity contribution in [1.29, 1.82) is 0 Å². The van der Waals surface area contributed by atoms with Crippen LogP contribution in [0.3, 0.4) is 0 Å². The Morgan fingerprint density at radius 3 is 3.00 bits per heavy atom. The lowest BCUT2D eigenvalue weighted by atomic mass is 10.2. The zero-order valence-corrected chi connectivity index (χ0v) is 9.16. The highest BCUT2D eigenvalue weighted by atomic mass is 16.2. The van der Waals surface area contributed by atoms with Gasteiger partial charge in [-0.1, -0.05) is 12.8 Å². The van der Waals surface area contributed by atoms with Gasteiger partial charge < -0.3 is 10.3 Å². The minimum Gasteiger partial charge on any atom is -0.352 e. The van der Waals surface area contributed by atoms with E-state index < -0.39 is 0 Å². The van der Waals surface area contributed by atoms with Crippen molar-refractivity contribution in [3.8, 4) is 0 Å². The van der Waals surface area contributed by atoms with Crippen LogP contribution in [0.25, 0.3) is 0 Å². The van der Waals surface area contributed by atoms with Gasteiger partial charge in [0.1, 0.15) is 0 Å². The van der Waals surface area contributed by atoms with E-state index in [1.54, 1.807) is 6.07 Å². The number of aromatic amines is 1. The third-order valence-corrected chi connectivity index (χ3v) is 2.81. The molecule has 0 saturated heterocycles. The van der Waals surface area contributed by atoms with Gasteiger partial charge in [0.05, 0.1) is 0 Å². The zero-order valence-electron chi connectivity index (χ0n) is 9.16. The fraction of sp³-hybridized carbons (Fsp3) is 0.500. The van der Waals surface area contributed by atoms with E-state index in [9.17, 15) is 9.59 Å². The Hall–Kier alpha value is -1.58. The summed E-state index contributed by atoms with van der Waals surface area (Å²) in [5.41, 5.74) is 0.181. The molecular weight excluding hydrogens is 204 g/mol. The van der Waals surface area contributed by atoms with Crippen LogP contribution in [0.2, 0.25) is 0 Å². The van der Waals surface area contributed by atoms with Gasteiger partial charge in [-0.05, 0) is 24.8 Å². The van der Waals surface area contributed by atoms with Crippen molar-refractivity contribution in [2.75, 3.05) is 6.54 Å². The molecule has 86 valence electrons. The van der Waals surface area contributed by atoms with E-state index in [1.165, 1.54) is 31.5 Å². The normalized spacial score (nSPS) is 14.8. The lowest BCUT2D eigenvalue weighted by molar-refractivity contribution is 0.0952. The maximum Gasteiger partial charge on any atom is 0.251 e. The third-order valence-electron chi connectivity index (χ3n) is 2.81. The second-order valence-electron chi connectivity index (χ2n) is 4.28. The summed E-state index contributed by atoms with van der Waals surface area (Å²) >= 11 is 0. The molecule has 0 aromatic carbocycles. The van der Waals surface area contributed by atoms with E-state index in [1.807, 2.05) is 0 Å². The molecule has 1 fully saturated rings. The summed E-state index contributed by atoms with van der Waals surface area (Å²) in [5, 5.41) is 2.82. The van der Waals surface area contributed by atoms with Gasteiger partial charge in [-0.15, -0.1) is 0 Å². The summed E-state index contributed by atoms with van der Waals surface area (Å²) in [5.74, 6) is 0.735. The Morgan fingerprint density at radius 2 is 2.31 bits per heavy atom. The molecule has 4 heteroatoms. The lowest BCUT2D eigenvalue weighted by Gasteiger charge is -2.04. The van der Waals surface area contributed by atoms with Crippen molar-refractivity contribution in [1.82, 2.24) is 10.3 Å². The predicted molar refractivity (Wildman–Crippen MR) is 61.4 cm³/mol. The van der Waals surface area contributed by atoms with E-state index >= 15 is 0 Å². The number of pyridine rings is 1. The van der Waals surface area contributed by atoms with Gasteiger partial charge >= 0.3 is 0 Å². The number of rotatable bonds is 5. The molecule has 1 aliphatic rings. The number of carbonyl (C=O) groups is 1. The van der Waals surface area contributed by atoms with Gasteiger partial charge in [-0.25, -0.2) is 0 Å². The van der Waals surface area contributed by atoms with Crippen LogP contribution in [0.15, 0.2) is 23.1 Å². The molecule has 0 radical (unpaired) electrons. The van der Waals surface area contributed by atoms with E-state index in [0.29, 0.717) is 12.1 Å². The van der Waals surface area contributed by atoms with Crippen LogP contribution in [0.5, 0.6) is 0 Å². The first-order chi connectivity index (χ1) is 7.75. The number of hydrogen-bond acceptors (Lipinski definition) is 2. The fourth-order valence-electron chi connectivity index (χ4n) is 1.69. The Bertz CT molecular complexity index is 421. The number of nitrogens with one attached hydrogen (secondary N) is 2. The average molecular weight is 220 g/mol. The van der Waals surface area contributed by atoms with Crippen LogP contribution in [-0.4, -0.2) is 17.4 Å². The standard InChI is InChI=1S/C12H16N2O2/c15-11-8-10(5-7-13-11)12(16)14-6-1-2-9-3-4-9/h5,7-9H,1-4,6H2,(H,13,15)(H,14,16). The fourth-order valence-corrected chi connectivity index (χ4v) is 1.69. The average Bonchev–Trinajstić information content (AvgIpc) is 3.08. The van der Waals surface area contributed by atoms with Gasteiger partial charge in [0.2, 0.25) is 5.56 Å². The van der Waals surface area contributed by atoms with Gasteiger partial charge in [-0.3, -0.25) is 9.59 Å². The number of hydrogen-bond donors (Lipinski definition) is 2. The molecule has 4 nitrogen and oxygen atoms in total. The first-order valence-corrected chi connectivity index (χ1v) is 5.72. The molecule has 0 unspecified atom stereocenters. The molecule has 2 rings (SSSR count). The SMILES string of the molecule is O=C(NCCCC1CC1)c1cc[nH]c(=O)c1. The first kappa shape index (κ1) is 10.9. The molecule has 1 amide bonds. The molecule has 1 aromatic rings. The Kier molecular flexibility index (Phi) is 3.39. The van der Waals surface area contributed by atoms with Gasteiger partial charge in [0.25, 0.3) is 5.91 Å². The van der Waals surface area contributed by atoms with Gasteiger partial charge in [-0.2, -0.15) is 0 Å². The number of amides is 1. The first-order valence-electron chi connectivity index (χ1n) is 5.72. The third kappa shape index (κ3) is 3.22. The molecule has 0 atom stereocenters. The van der Waals surface area contributed by atoms with Crippen LogP contribution in [0.4, 0.5) is 0 Å². The smallest absolute Gasteiger partial charge is 0.251 e. The molecule has 1 aromatic heterocycles. The van der Waals surface area contributed by atoms with Gasteiger partial charge in [0.15, 0.2) is 0 Å². The Labute approximate surface area is 94.1 Å². The number of H-pyrrole nitrogens is 1. The second kappa shape index (κ2) is 4.96. The Balaban J connectivity index is 1.76. The highest BCUT2D eigenvalue weighted by Crippen LogP contribution is 2.33. The molecule has 1 saturated carbocycles. The zero-order chi connectivity index (χ0) is 11.4. The van der Waals surface area contributed by atoms with E-state index in [-0.39, 0.29) is 11.5 Å². The topological polar surface area (TPSA) is 62.0 Å². The van der Waals surface area contributed by atoms with Crippen molar-refractivity contribution >= 4 is 5.91 Å². The van der Waals surface area contributed by atoms with Crippen LogP contribution >= 0.6 is 0 Å². The summed E-state index contributed by atoms with van der Waals surface area (Å²) in [6.45, 7) is 0.697. The van der Waals surface area contributed by atoms with Crippen molar-refractivity contribution in [3.63, 3.8) is 0 Å². The van der Waals surface area contributed by atoms with Crippen molar-refractivity contribution in [3.05, 3.63) is 34.2 Å². The van der Waals surface area contributed by atoms with Crippen LogP contribution in [0, 0.1) is 5.92 Å². The Morgan fingerprint density at radius 1 is 1.50 bits per heavy atom.